The highest BCUT2D eigenvalue weighted by Gasteiger charge is 2.46. The highest BCUT2D eigenvalue weighted by molar-refractivity contribution is 5.93. The number of anilines is 2. The van der Waals surface area contributed by atoms with E-state index in [-0.39, 0.29) is 42.9 Å². The predicted molar refractivity (Wildman–Crippen MR) is 111 cm³/mol. The second-order valence-corrected chi connectivity index (χ2v) is 9.21. The van der Waals surface area contributed by atoms with Gasteiger partial charge in [0.1, 0.15) is 5.82 Å². The molecule has 2 atom stereocenters. The number of hydrogen-bond donors (Lipinski definition) is 1. The van der Waals surface area contributed by atoms with Crippen molar-refractivity contribution < 1.29 is 18.0 Å². The maximum Gasteiger partial charge on any atom is 0.248 e. The van der Waals surface area contributed by atoms with Crippen LogP contribution in [0.1, 0.15) is 59.9 Å². The van der Waals surface area contributed by atoms with Gasteiger partial charge >= 0.3 is 0 Å². The molecule has 3 aliphatic rings. The van der Waals surface area contributed by atoms with E-state index in [1.807, 2.05) is 19.9 Å². The Kier molecular flexibility index (Phi) is 4.38. The summed E-state index contributed by atoms with van der Waals surface area (Å²) in [5, 5.41) is 2.93. The Balaban J connectivity index is 1.32. The smallest absolute Gasteiger partial charge is 0.248 e. The Morgan fingerprint density at radius 3 is 2.50 bits per heavy atom. The van der Waals surface area contributed by atoms with E-state index in [9.17, 15) is 18.0 Å². The van der Waals surface area contributed by atoms with Gasteiger partial charge in [0.15, 0.2) is 0 Å². The molecule has 30 heavy (non-hydrogen) atoms. The first kappa shape index (κ1) is 19.5. The van der Waals surface area contributed by atoms with Crippen LogP contribution in [0.5, 0.6) is 0 Å². The van der Waals surface area contributed by atoms with Crippen LogP contribution in [0.15, 0.2) is 30.3 Å². The number of hydrogen-bond acceptors (Lipinski definition) is 2. The summed E-state index contributed by atoms with van der Waals surface area (Å²) < 4.78 is 39.6. The van der Waals surface area contributed by atoms with Crippen LogP contribution in [0.3, 0.4) is 0 Å². The number of carbonyl (C=O) groups excluding carboxylic acids is 1. The van der Waals surface area contributed by atoms with Crippen molar-refractivity contribution in [3.63, 3.8) is 0 Å². The van der Waals surface area contributed by atoms with Crippen LogP contribution in [0, 0.1) is 25.6 Å². The second-order valence-electron chi connectivity index (χ2n) is 9.21. The van der Waals surface area contributed by atoms with Crippen molar-refractivity contribution in [1.82, 2.24) is 0 Å². The fourth-order valence-electron chi connectivity index (χ4n) is 5.53. The second kappa shape index (κ2) is 6.76. The standard InChI is InChI=1S/C24H25F3N2O/c1-13-5-18(29-12-16-8-21(29)19-4-3-17(25)9-20(16)19)6-14(2)23(13)28-22(30)7-15-10-24(26,27)11-15/h3-6,9,15-16,21H,7-8,10-12H2,1-2H3,(H,28,30). The Morgan fingerprint density at radius 1 is 1.13 bits per heavy atom. The summed E-state index contributed by atoms with van der Waals surface area (Å²) in [7, 11) is 0. The van der Waals surface area contributed by atoms with Crippen molar-refractivity contribution in [2.75, 3.05) is 16.8 Å². The number of aryl methyl sites for hydroxylation is 2. The topological polar surface area (TPSA) is 32.3 Å². The van der Waals surface area contributed by atoms with E-state index in [4.69, 9.17) is 0 Å². The number of fused-ring (bicyclic) bond motifs is 5. The molecule has 1 heterocycles. The SMILES string of the molecule is Cc1cc(N2CC3CC2c2ccc(F)cc23)cc(C)c1NC(=O)CC1CC(F)(F)C1. The van der Waals surface area contributed by atoms with Crippen LogP contribution in [-0.4, -0.2) is 18.4 Å². The average Bonchev–Trinajstić information content (AvgIpc) is 3.22. The van der Waals surface area contributed by atoms with E-state index < -0.39 is 5.92 Å². The molecule has 5 rings (SSSR count). The average molecular weight is 414 g/mol. The molecule has 2 aliphatic carbocycles. The molecule has 1 saturated heterocycles. The van der Waals surface area contributed by atoms with Crippen molar-refractivity contribution >= 4 is 17.3 Å². The number of halogens is 3. The number of carbonyl (C=O) groups is 1. The molecule has 2 fully saturated rings. The van der Waals surface area contributed by atoms with Crippen LogP contribution in [0.2, 0.25) is 0 Å². The van der Waals surface area contributed by atoms with Gasteiger partial charge in [0.2, 0.25) is 11.8 Å². The Morgan fingerprint density at radius 2 is 1.83 bits per heavy atom. The highest BCUT2D eigenvalue weighted by atomic mass is 19.3. The molecule has 1 aliphatic heterocycles. The summed E-state index contributed by atoms with van der Waals surface area (Å²) in [6.07, 6.45) is 0.751. The van der Waals surface area contributed by atoms with Gasteiger partial charge in [-0.3, -0.25) is 4.79 Å². The summed E-state index contributed by atoms with van der Waals surface area (Å²) in [5.74, 6) is -2.86. The fourth-order valence-corrected chi connectivity index (χ4v) is 5.53. The lowest BCUT2D eigenvalue weighted by atomic mass is 9.79. The van der Waals surface area contributed by atoms with Gasteiger partial charge in [-0.05, 0) is 72.7 Å². The van der Waals surface area contributed by atoms with Gasteiger partial charge < -0.3 is 10.2 Å². The molecule has 2 unspecified atom stereocenters. The Hall–Kier alpha value is -2.50. The van der Waals surface area contributed by atoms with E-state index in [1.165, 1.54) is 11.6 Å². The molecule has 0 spiro atoms. The molecule has 1 N–H and O–H groups in total. The lowest BCUT2D eigenvalue weighted by molar-refractivity contribution is -0.129. The first-order valence-corrected chi connectivity index (χ1v) is 10.5. The van der Waals surface area contributed by atoms with Crippen molar-refractivity contribution in [2.24, 2.45) is 5.92 Å². The summed E-state index contributed by atoms with van der Waals surface area (Å²) in [5.41, 5.74) is 6.12. The van der Waals surface area contributed by atoms with Gasteiger partial charge in [0.25, 0.3) is 0 Å². The van der Waals surface area contributed by atoms with E-state index in [0.717, 1.165) is 41.0 Å². The molecule has 0 radical (unpaired) electrons. The van der Waals surface area contributed by atoms with Crippen molar-refractivity contribution in [1.29, 1.82) is 0 Å². The van der Waals surface area contributed by atoms with E-state index >= 15 is 0 Å². The molecule has 158 valence electrons. The molecule has 3 nitrogen and oxygen atoms in total. The minimum atomic E-state index is -2.60. The molecule has 1 amide bonds. The molecular formula is C24H25F3N2O. The molecule has 1 saturated carbocycles. The Bertz CT molecular complexity index is 1000. The zero-order valence-electron chi connectivity index (χ0n) is 17.1. The first-order chi connectivity index (χ1) is 14.2. The zero-order valence-corrected chi connectivity index (χ0v) is 17.1. The molecule has 6 heteroatoms. The van der Waals surface area contributed by atoms with Gasteiger partial charge in [-0.15, -0.1) is 0 Å². The zero-order chi connectivity index (χ0) is 21.2. The molecular weight excluding hydrogens is 389 g/mol. The summed E-state index contributed by atoms with van der Waals surface area (Å²) in [6, 6.07) is 9.51. The van der Waals surface area contributed by atoms with Gasteiger partial charge in [-0.25, -0.2) is 13.2 Å². The van der Waals surface area contributed by atoms with E-state index in [2.05, 4.69) is 22.3 Å². The maximum absolute atomic E-state index is 13.6. The van der Waals surface area contributed by atoms with Crippen LogP contribution < -0.4 is 10.2 Å². The van der Waals surface area contributed by atoms with Crippen LogP contribution in [0.25, 0.3) is 0 Å². The molecule has 2 aromatic rings. The normalized spacial score (nSPS) is 24.0. The largest absolute Gasteiger partial charge is 0.364 e. The lowest BCUT2D eigenvalue weighted by Gasteiger charge is -2.34. The van der Waals surface area contributed by atoms with Crippen LogP contribution in [-0.2, 0) is 4.79 Å². The lowest BCUT2D eigenvalue weighted by Crippen LogP contribution is -2.37. The minimum Gasteiger partial charge on any atom is -0.364 e. The van der Waals surface area contributed by atoms with Gasteiger partial charge in [0, 0.05) is 43.1 Å². The number of nitrogens with one attached hydrogen (secondary N) is 1. The van der Waals surface area contributed by atoms with E-state index in [0.29, 0.717) is 5.92 Å². The maximum atomic E-state index is 13.6. The minimum absolute atomic E-state index is 0.138. The number of nitrogens with zero attached hydrogens (tertiary/aromatic N) is 1. The number of amides is 1. The van der Waals surface area contributed by atoms with Crippen molar-refractivity contribution in [2.45, 2.75) is 57.4 Å². The van der Waals surface area contributed by atoms with Crippen LogP contribution in [0.4, 0.5) is 24.5 Å². The van der Waals surface area contributed by atoms with Crippen molar-refractivity contribution in [3.8, 4) is 0 Å². The Labute approximate surface area is 174 Å². The van der Waals surface area contributed by atoms with Gasteiger partial charge in [-0.2, -0.15) is 0 Å². The van der Waals surface area contributed by atoms with Crippen LogP contribution >= 0.6 is 0 Å². The molecule has 0 aromatic heterocycles. The highest BCUT2D eigenvalue weighted by Crippen LogP contribution is 2.52. The third-order valence-corrected chi connectivity index (χ3v) is 6.91. The summed E-state index contributed by atoms with van der Waals surface area (Å²) >= 11 is 0. The number of rotatable bonds is 4. The monoisotopic (exact) mass is 414 g/mol. The van der Waals surface area contributed by atoms with Gasteiger partial charge in [0.05, 0.1) is 6.04 Å². The molecule has 2 bridgehead atoms. The predicted octanol–water partition coefficient (Wildman–Crippen LogP) is 5.87. The summed E-state index contributed by atoms with van der Waals surface area (Å²) in [6.45, 7) is 4.78. The quantitative estimate of drug-likeness (QED) is 0.679. The summed E-state index contributed by atoms with van der Waals surface area (Å²) in [4.78, 5) is 14.7. The van der Waals surface area contributed by atoms with Gasteiger partial charge in [-0.1, -0.05) is 6.07 Å². The van der Waals surface area contributed by atoms with E-state index in [1.54, 1.807) is 6.07 Å². The third kappa shape index (κ3) is 3.26. The number of benzene rings is 2. The fraction of sp³-hybridized carbons (Fsp3) is 0.458. The number of alkyl halides is 2. The first-order valence-electron chi connectivity index (χ1n) is 10.5. The third-order valence-electron chi connectivity index (χ3n) is 6.91. The van der Waals surface area contributed by atoms with Crippen molar-refractivity contribution in [3.05, 3.63) is 58.4 Å². The molecule has 2 aromatic carbocycles.